The summed E-state index contributed by atoms with van der Waals surface area (Å²) in [6, 6.07) is 7.70. The van der Waals surface area contributed by atoms with Crippen LogP contribution in [0, 0.1) is 0 Å². The van der Waals surface area contributed by atoms with Gasteiger partial charge in [-0.05, 0) is 13.0 Å². The van der Waals surface area contributed by atoms with Crippen LogP contribution in [0.25, 0.3) is 5.57 Å². The van der Waals surface area contributed by atoms with E-state index in [1.54, 1.807) is 13.1 Å². The second-order valence-electron chi connectivity index (χ2n) is 3.13. The van der Waals surface area contributed by atoms with Crippen LogP contribution in [0.5, 0.6) is 0 Å². The second kappa shape index (κ2) is 4.09. The Kier molecular flexibility index (Phi) is 2.63. The lowest BCUT2D eigenvalue weighted by Gasteiger charge is -1.99. The van der Waals surface area contributed by atoms with Gasteiger partial charge in [0.15, 0.2) is 0 Å². The largest absolute Gasteiger partial charge is 0.463 e. The second-order valence-corrected chi connectivity index (χ2v) is 3.13. The third-order valence-corrected chi connectivity index (χ3v) is 2.12. The van der Waals surface area contributed by atoms with E-state index in [4.69, 9.17) is 4.74 Å². The van der Waals surface area contributed by atoms with Gasteiger partial charge in [0.2, 0.25) is 0 Å². The summed E-state index contributed by atoms with van der Waals surface area (Å²) < 4.78 is 4.84. The van der Waals surface area contributed by atoms with E-state index in [-0.39, 0.29) is 5.97 Å². The van der Waals surface area contributed by atoms with Gasteiger partial charge >= 0.3 is 5.97 Å². The van der Waals surface area contributed by atoms with Crippen LogP contribution < -0.4 is 0 Å². The predicted octanol–water partition coefficient (Wildman–Crippen LogP) is 2.35. The zero-order chi connectivity index (χ0) is 10.7. The molecule has 0 N–H and O–H groups in total. The number of hydrogen-bond acceptors (Lipinski definition) is 3. The molecule has 3 nitrogen and oxygen atoms in total. The van der Waals surface area contributed by atoms with Gasteiger partial charge in [-0.25, -0.2) is 4.79 Å². The molecule has 1 aromatic carbocycles. The van der Waals surface area contributed by atoms with E-state index in [1.165, 1.54) is 6.08 Å². The van der Waals surface area contributed by atoms with Gasteiger partial charge in [-0.2, -0.15) is 0 Å². The molecule has 0 amide bonds. The molecule has 0 saturated carbocycles. The van der Waals surface area contributed by atoms with Crippen LogP contribution in [-0.2, 0) is 9.53 Å². The zero-order valence-corrected chi connectivity index (χ0v) is 8.43. The standard InChI is InChI=1S/C12H11NO2/c1-2-15-12(14)7-9-8-13-11-6-4-3-5-10(9)11/h3-8H,2H2,1H3. The van der Waals surface area contributed by atoms with Crippen LogP contribution in [0.1, 0.15) is 12.5 Å². The van der Waals surface area contributed by atoms with Crippen molar-refractivity contribution in [2.75, 3.05) is 6.61 Å². The summed E-state index contributed by atoms with van der Waals surface area (Å²) in [6.07, 6.45) is 3.15. The lowest BCUT2D eigenvalue weighted by atomic mass is 10.1. The zero-order valence-electron chi connectivity index (χ0n) is 8.43. The van der Waals surface area contributed by atoms with Gasteiger partial charge < -0.3 is 4.74 Å². The number of esters is 1. The molecule has 1 aliphatic rings. The molecule has 0 aliphatic carbocycles. The van der Waals surface area contributed by atoms with E-state index >= 15 is 0 Å². The summed E-state index contributed by atoms with van der Waals surface area (Å²) in [5, 5.41) is 0. The van der Waals surface area contributed by atoms with E-state index in [1.807, 2.05) is 24.3 Å². The van der Waals surface area contributed by atoms with Crippen molar-refractivity contribution in [3.8, 4) is 0 Å². The molecule has 1 heterocycles. The molecule has 2 rings (SSSR count). The molecule has 0 spiro atoms. The van der Waals surface area contributed by atoms with Crippen molar-refractivity contribution < 1.29 is 9.53 Å². The smallest absolute Gasteiger partial charge is 0.331 e. The maximum atomic E-state index is 11.2. The fraction of sp³-hybridized carbons (Fsp3) is 0.167. The maximum absolute atomic E-state index is 11.2. The molecule has 0 aromatic heterocycles. The summed E-state index contributed by atoms with van der Waals surface area (Å²) in [5.41, 5.74) is 2.68. The van der Waals surface area contributed by atoms with Crippen molar-refractivity contribution in [3.63, 3.8) is 0 Å². The van der Waals surface area contributed by atoms with Crippen molar-refractivity contribution in [3.05, 3.63) is 35.9 Å². The quantitative estimate of drug-likeness (QED) is 0.544. The number of rotatable bonds is 2. The Hall–Kier alpha value is -1.90. The third kappa shape index (κ3) is 1.96. The summed E-state index contributed by atoms with van der Waals surface area (Å²) in [5.74, 6) is -0.323. The first kappa shape index (κ1) is 9.65. The Balaban J connectivity index is 2.28. The fourth-order valence-electron chi connectivity index (χ4n) is 1.46. The van der Waals surface area contributed by atoms with Crippen molar-refractivity contribution in [2.45, 2.75) is 6.92 Å². The molecule has 76 valence electrons. The van der Waals surface area contributed by atoms with Gasteiger partial charge in [0.1, 0.15) is 0 Å². The van der Waals surface area contributed by atoms with E-state index in [9.17, 15) is 4.79 Å². The Morgan fingerprint density at radius 2 is 2.27 bits per heavy atom. The van der Waals surface area contributed by atoms with Crippen molar-refractivity contribution in [1.82, 2.24) is 0 Å². The van der Waals surface area contributed by atoms with Crippen molar-refractivity contribution in [2.24, 2.45) is 4.99 Å². The summed E-state index contributed by atoms with van der Waals surface area (Å²) in [4.78, 5) is 15.4. The van der Waals surface area contributed by atoms with Gasteiger partial charge in [0, 0.05) is 23.4 Å². The number of allylic oxidation sites excluding steroid dienone is 1. The van der Waals surface area contributed by atoms with Crippen LogP contribution in [-0.4, -0.2) is 18.8 Å². The molecule has 0 unspecified atom stereocenters. The number of benzene rings is 1. The monoisotopic (exact) mass is 201 g/mol. The van der Waals surface area contributed by atoms with E-state index in [2.05, 4.69) is 4.99 Å². The molecule has 3 heteroatoms. The normalized spacial score (nSPS) is 15.4. The molecule has 1 aromatic rings. The molecular formula is C12H11NO2. The van der Waals surface area contributed by atoms with Gasteiger partial charge in [-0.1, -0.05) is 18.2 Å². The fourth-order valence-corrected chi connectivity index (χ4v) is 1.46. The summed E-state index contributed by atoms with van der Waals surface area (Å²) in [7, 11) is 0. The number of para-hydroxylation sites is 1. The molecule has 1 aliphatic heterocycles. The SMILES string of the molecule is CCOC(=O)C=C1C=Nc2ccccc21. The number of carbonyl (C=O) groups is 1. The van der Waals surface area contributed by atoms with Crippen molar-refractivity contribution in [1.29, 1.82) is 0 Å². The first-order valence-electron chi connectivity index (χ1n) is 4.83. The Morgan fingerprint density at radius 1 is 1.47 bits per heavy atom. The van der Waals surface area contributed by atoms with Gasteiger partial charge in [-0.3, -0.25) is 4.99 Å². The number of aliphatic imine (C=N–C) groups is 1. The molecular weight excluding hydrogens is 190 g/mol. The van der Waals surface area contributed by atoms with E-state index in [0.717, 1.165) is 16.8 Å². The van der Waals surface area contributed by atoms with Crippen molar-refractivity contribution >= 4 is 23.4 Å². The van der Waals surface area contributed by atoms with Gasteiger partial charge in [0.05, 0.1) is 12.3 Å². The topological polar surface area (TPSA) is 38.7 Å². The summed E-state index contributed by atoms with van der Waals surface area (Å²) >= 11 is 0. The predicted molar refractivity (Wildman–Crippen MR) is 59.2 cm³/mol. The van der Waals surface area contributed by atoms with Gasteiger partial charge in [0.25, 0.3) is 0 Å². The van der Waals surface area contributed by atoms with Crippen LogP contribution in [0.2, 0.25) is 0 Å². The van der Waals surface area contributed by atoms with Crippen LogP contribution in [0.15, 0.2) is 35.3 Å². The molecule has 0 atom stereocenters. The van der Waals surface area contributed by atoms with Crippen LogP contribution in [0.3, 0.4) is 0 Å². The molecule has 0 bridgehead atoms. The highest BCUT2D eigenvalue weighted by Gasteiger charge is 2.12. The number of fused-ring (bicyclic) bond motifs is 1. The third-order valence-electron chi connectivity index (χ3n) is 2.12. The first-order valence-corrected chi connectivity index (χ1v) is 4.83. The maximum Gasteiger partial charge on any atom is 0.331 e. The van der Waals surface area contributed by atoms with Crippen LogP contribution >= 0.6 is 0 Å². The van der Waals surface area contributed by atoms with Crippen LogP contribution in [0.4, 0.5) is 5.69 Å². The first-order chi connectivity index (χ1) is 7.31. The average molecular weight is 201 g/mol. The number of ether oxygens (including phenoxy) is 1. The van der Waals surface area contributed by atoms with E-state index < -0.39 is 0 Å². The minimum absolute atomic E-state index is 0.323. The van der Waals surface area contributed by atoms with E-state index in [0.29, 0.717) is 6.61 Å². The molecule has 0 fully saturated rings. The molecule has 15 heavy (non-hydrogen) atoms. The average Bonchev–Trinajstić information content (AvgIpc) is 2.62. The minimum atomic E-state index is -0.323. The molecule has 0 radical (unpaired) electrons. The number of nitrogens with zero attached hydrogens (tertiary/aromatic N) is 1. The molecule has 0 saturated heterocycles. The highest BCUT2D eigenvalue weighted by Crippen LogP contribution is 2.30. The Bertz CT molecular complexity index is 447. The van der Waals surface area contributed by atoms with Gasteiger partial charge in [-0.15, -0.1) is 0 Å². The Morgan fingerprint density at radius 3 is 3.07 bits per heavy atom. The Labute approximate surface area is 88.1 Å². The highest BCUT2D eigenvalue weighted by atomic mass is 16.5. The minimum Gasteiger partial charge on any atom is -0.463 e. The number of hydrogen-bond donors (Lipinski definition) is 0. The lowest BCUT2D eigenvalue weighted by molar-refractivity contribution is -0.137. The summed E-state index contributed by atoms with van der Waals surface area (Å²) in [6.45, 7) is 2.18. The number of carbonyl (C=O) groups excluding carboxylic acids is 1. The lowest BCUT2D eigenvalue weighted by Crippen LogP contribution is -2.00. The highest BCUT2D eigenvalue weighted by molar-refractivity contribution is 6.20.